The Morgan fingerprint density at radius 1 is 0.884 bits per heavy atom. The van der Waals surface area contributed by atoms with Crippen LogP contribution in [0.3, 0.4) is 0 Å². The topological polar surface area (TPSA) is 114 Å². The molecule has 3 N–H and O–H groups in total. The molecule has 0 radical (unpaired) electrons. The van der Waals surface area contributed by atoms with Crippen molar-refractivity contribution >= 4 is 39.4 Å². The van der Waals surface area contributed by atoms with E-state index in [2.05, 4.69) is 21.0 Å². The van der Waals surface area contributed by atoms with Crippen LogP contribution < -0.4 is 20.3 Å². The molecule has 0 aliphatic rings. The summed E-state index contributed by atoms with van der Waals surface area (Å²) in [7, 11) is 1.54. The molecule has 43 heavy (non-hydrogen) atoms. The zero-order valence-corrected chi connectivity index (χ0v) is 24.1. The highest BCUT2D eigenvalue weighted by molar-refractivity contribution is 6.12. The summed E-state index contributed by atoms with van der Waals surface area (Å²) in [6, 6.07) is 29.5. The second-order valence-electron chi connectivity index (χ2n) is 9.69. The number of hydrogen-bond donors (Lipinski definition) is 3. The normalized spacial score (nSPS) is 11.0. The smallest absolute Gasteiger partial charge is 0.259 e. The first-order valence-corrected chi connectivity index (χ1v) is 13.8. The monoisotopic (exact) mass is 576 g/mol. The van der Waals surface area contributed by atoms with Crippen molar-refractivity contribution in [3.05, 3.63) is 114 Å². The van der Waals surface area contributed by atoms with Crippen LogP contribution in [0.25, 0.3) is 10.8 Å². The third-order valence-electron chi connectivity index (χ3n) is 6.62. The minimum absolute atomic E-state index is 0.0550. The first kappa shape index (κ1) is 29.1. The van der Waals surface area contributed by atoms with Gasteiger partial charge in [-0.15, -0.1) is 10.2 Å². The van der Waals surface area contributed by atoms with Crippen molar-refractivity contribution in [2.24, 2.45) is 10.2 Å². The summed E-state index contributed by atoms with van der Waals surface area (Å²) in [4.78, 5) is 19.1. The fraction of sp³-hybridized carbons (Fsp3) is 0.147. The van der Waals surface area contributed by atoms with E-state index in [1.165, 1.54) is 0 Å². The first-order valence-electron chi connectivity index (χ1n) is 13.8. The lowest BCUT2D eigenvalue weighted by atomic mass is 10.0. The Kier molecular flexibility index (Phi) is 9.14. The van der Waals surface area contributed by atoms with Gasteiger partial charge < -0.3 is 19.9 Å². The van der Waals surface area contributed by atoms with Gasteiger partial charge in [0.05, 0.1) is 37.3 Å². The minimum atomic E-state index is -0.507. The highest BCUT2D eigenvalue weighted by atomic mass is 16.6. The third kappa shape index (κ3) is 6.91. The number of rotatable bonds is 11. The van der Waals surface area contributed by atoms with Gasteiger partial charge in [-0.1, -0.05) is 60.2 Å². The van der Waals surface area contributed by atoms with Crippen LogP contribution in [0, 0.1) is 6.92 Å². The Bertz CT molecular complexity index is 1770. The van der Waals surface area contributed by atoms with Crippen molar-refractivity contribution in [1.29, 1.82) is 0 Å². The molecular formula is C34H32N4O5. The standard InChI is InChI=1S/C34H32N4O5/c1-4-42-31-13-9-8-12-28(31)35-34(40)27-20-24-18-22(2)14-16-26(24)32(33(27)39)37-36-29-19-23(15-17-30(29)41-3)21-43-38-25-10-6-5-7-11-25/h5-20,38-39H,4,21H2,1-3H3,(H,35,40). The molecule has 0 fully saturated rings. The van der Waals surface area contributed by atoms with Crippen molar-refractivity contribution in [3.63, 3.8) is 0 Å². The molecule has 0 spiro atoms. The van der Waals surface area contributed by atoms with Crippen molar-refractivity contribution in [2.75, 3.05) is 24.5 Å². The lowest BCUT2D eigenvalue weighted by molar-refractivity contribution is 0.102. The van der Waals surface area contributed by atoms with Gasteiger partial charge in [0.15, 0.2) is 5.75 Å². The molecule has 5 rings (SSSR count). The summed E-state index contributed by atoms with van der Waals surface area (Å²) in [6.07, 6.45) is 0. The molecule has 0 saturated carbocycles. The van der Waals surface area contributed by atoms with E-state index in [0.717, 1.165) is 22.2 Å². The number of phenols is 1. The van der Waals surface area contributed by atoms with E-state index >= 15 is 0 Å². The van der Waals surface area contributed by atoms with Crippen LogP contribution in [0.2, 0.25) is 0 Å². The number of phenolic OH excluding ortho intramolecular Hbond substituents is 1. The number of benzene rings is 5. The van der Waals surface area contributed by atoms with E-state index in [0.29, 0.717) is 34.9 Å². The maximum absolute atomic E-state index is 13.5. The van der Waals surface area contributed by atoms with Crippen LogP contribution in [-0.2, 0) is 11.4 Å². The largest absolute Gasteiger partial charge is 0.505 e. The molecule has 9 nitrogen and oxygen atoms in total. The van der Waals surface area contributed by atoms with Gasteiger partial charge in [0.25, 0.3) is 5.91 Å². The second kappa shape index (κ2) is 13.5. The Morgan fingerprint density at radius 3 is 2.47 bits per heavy atom. The van der Waals surface area contributed by atoms with Gasteiger partial charge in [0, 0.05) is 5.39 Å². The number of para-hydroxylation sites is 3. The number of aryl methyl sites for hydroxylation is 1. The fourth-order valence-electron chi connectivity index (χ4n) is 4.53. The number of azo groups is 1. The number of nitrogens with one attached hydrogen (secondary N) is 2. The number of carbonyl (C=O) groups is 1. The number of methoxy groups -OCH3 is 1. The van der Waals surface area contributed by atoms with Crippen molar-refractivity contribution < 1.29 is 24.2 Å². The number of nitrogens with zero attached hydrogens (tertiary/aromatic N) is 2. The van der Waals surface area contributed by atoms with Crippen LogP contribution in [0.1, 0.15) is 28.4 Å². The summed E-state index contributed by atoms with van der Waals surface area (Å²) < 4.78 is 11.2. The Hall–Kier alpha value is -5.41. The summed E-state index contributed by atoms with van der Waals surface area (Å²) in [6.45, 7) is 4.52. The van der Waals surface area contributed by atoms with Gasteiger partial charge in [0.1, 0.15) is 22.9 Å². The second-order valence-corrected chi connectivity index (χ2v) is 9.69. The molecule has 218 valence electrons. The molecule has 0 heterocycles. The Morgan fingerprint density at radius 2 is 1.67 bits per heavy atom. The zero-order chi connectivity index (χ0) is 30.2. The molecule has 0 aliphatic heterocycles. The van der Waals surface area contributed by atoms with Crippen LogP contribution in [0.4, 0.5) is 22.7 Å². The molecule has 0 saturated heterocycles. The molecular weight excluding hydrogens is 544 g/mol. The quantitative estimate of drug-likeness (QED) is 0.107. The molecule has 1 amide bonds. The predicted molar refractivity (Wildman–Crippen MR) is 168 cm³/mol. The Labute approximate surface area is 249 Å². The average molecular weight is 577 g/mol. The highest BCUT2D eigenvalue weighted by Crippen LogP contribution is 2.41. The molecule has 0 unspecified atom stereocenters. The predicted octanol–water partition coefficient (Wildman–Crippen LogP) is 8.47. The molecule has 5 aromatic carbocycles. The van der Waals surface area contributed by atoms with Crippen molar-refractivity contribution in [3.8, 4) is 17.2 Å². The van der Waals surface area contributed by atoms with E-state index < -0.39 is 5.91 Å². The van der Waals surface area contributed by atoms with Gasteiger partial charge in [-0.3, -0.25) is 15.1 Å². The molecule has 0 aliphatic carbocycles. The van der Waals surface area contributed by atoms with Crippen molar-refractivity contribution in [1.82, 2.24) is 0 Å². The van der Waals surface area contributed by atoms with E-state index in [9.17, 15) is 9.90 Å². The first-order chi connectivity index (χ1) is 21.0. The summed E-state index contributed by atoms with van der Waals surface area (Å²) in [5, 5.41) is 24.5. The average Bonchev–Trinajstić information content (AvgIpc) is 3.02. The zero-order valence-electron chi connectivity index (χ0n) is 24.1. The van der Waals surface area contributed by atoms with Gasteiger partial charge in [-0.2, -0.15) is 0 Å². The minimum Gasteiger partial charge on any atom is -0.505 e. The van der Waals surface area contributed by atoms with Gasteiger partial charge in [-0.25, -0.2) is 0 Å². The summed E-state index contributed by atoms with van der Waals surface area (Å²) >= 11 is 0. The molecule has 0 atom stereocenters. The number of aromatic hydroxyl groups is 1. The maximum Gasteiger partial charge on any atom is 0.259 e. The summed E-state index contributed by atoms with van der Waals surface area (Å²) in [5.74, 6) is 0.220. The third-order valence-corrected chi connectivity index (χ3v) is 6.62. The highest BCUT2D eigenvalue weighted by Gasteiger charge is 2.20. The van der Waals surface area contributed by atoms with Crippen LogP contribution in [0.5, 0.6) is 17.2 Å². The molecule has 0 bridgehead atoms. The van der Waals surface area contributed by atoms with E-state index in [1.807, 2.05) is 74.5 Å². The van der Waals surface area contributed by atoms with Crippen LogP contribution in [0.15, 0.2) is 107 Å². The van der Waals surface area contributed by atoms with Gasteiger partial charge in [0.2, 0.25) is 0 Å². The number of amides is 1. The van der Waals surface area contributed by atoms with Gasteiger partial charge in [-0.05, 0) is 67.3 Å². The molecule has 0 aromatic heterocycles. The van der Waals surface area contributed by atoms with E-state index in [4.69, 9.17) is 14.3 Å². The van der Waals surface area contributed by atoms with E-state index in [-0.39, 0.29) is 23.6 Å². The fourth-order valence-corrected chi connectivity index (χ4v) is 4.53. The lowest BCUT2D eigenvalue weighted by Gasteiger charge is -2.14. The summed E-state index contributed by atoms with van der Waals surface area (Å²) in [5.41, 5.74) is 6.70. The van der Waals surface area contributed by atoms with Crippen molar-refractivity contribution in [2.45, 2.75) is 20.5 Å². The SMILES string of the molecule is CCOc1ccccc1NC(=O)c1cc2cc(C)ccc2c(N=Nc2cc(CONc3ccccc3)ccc2OC)c1O. The maximum atomic E-state index is 13.5. The number of ether oxygens (including phenoxy) is 2. The molecule has 9 heteroatoms. The number of hydrogen-bond acceptors (Lipinski definition) is 8. The number of fused-ring (bicyclic) bond motifs is 1. The number of anilines is 2. The molecule has 5 aromatic rings. The lowest BCUT2D eigenvalue weighted by Crippen LogP contribution is -2.13. The number of carbonyl (C=O) groups excluding carboxylic acids is 1. The van der Waals surface area contributed by atoms with E-state index in [1.54, 1.807) is 43.5 Å². The van der Waals surface area contributed by atoms with Crippen LogP contribution in [-0.4, -0.2) is 24.7 Å². The van der Waals surface area contributed by atoms with Crippen LogP contribution >= 0.6 is 0 Å². The Balaban J connectivity index is 1.47. The van der Waals surface area contributed by atoms with Gasteiger partial charge >= 0.3 is 0 Å².